The first kappa shape index (κ1) is 14.4. The number of nitrogens with zero attached hydrogens (tertiary/aromatic N) is 1. The van der Waals surface area contributed by atoms with Crippen LogP contribution < -0.4 is 10.2 Å². The second-order valence-electron chi connectivity index (χ2n) is 5.33. The van der Waals surface area contributed by atoms with Gasteiger partial charge in [0.15, 0.2) is 0 Å². The lowest BCUT2D eigenvalue weighted by Crippen LogP contribution is -2.17. The fraction of sp³-hybridized carbons (Fsp3) is 0.294. The molecule has 0 amide bonds. The van der Waals surface area contributed by atoms with Crippen LogP contribution in [0, 0.1) is 5.82 Å². The molecule has 21 heavy (non-hydrogen) atoms. The maximum atomic E-state index is 13.0. The third kappa shape index (κ3) is 3.56. The van der Waals surface area contributed by atoms with Gasteiger partial charge in [-0.3, -0.25) is 0 Å². The molecule has 0 aliphatic carbocycles. The van der Waals surface area contributed by atoms with E-state index in [0.29, 0.717) is 6.54 Å². The van der Waals surface area contributed by atoms with E-state index in [4.69, 9.17) is 0 Å². The van der Waals surface area contributed by atoms with E-state index in [-0.39, 0.29) is 5.82 Å². The summed E-state index contributed by atoms with van der Waals surface area (Å²) in [5, 5.41) is 3.37. The minimum absolute atomic E-state index is 0.222. The van der Waals surface area contributed by atoms with Gasteiger partial charge in [0, 0.05) is 35.5 Å². The maximum absolute atomic E-state index is 13.0. The lowest BCUT2D eigenvalue weighted by Gasteiger charge is -2.18. The summed E-state index contributed by atoms with van der Waals surface area (Å²) in [6.45, 7) is 2.99. The van der Waals surface area contributed by atoms with Crippen molar-refractivity contribution in [3.05, 3.63) is 58.3 Å². The molecule has 1 aliphatic rings. The Morgan fingerprint density at radius 2 is 1.76 bits per heavy atom. The van der Waals surface area contributed by atoms with Gasteiger partial charge in [0.25, 0.3) is 0 Å². The number of rotatable bonds is 4. The molecule has 2 nitrogen and oxygen atoms in total. The number of benzene rings is 2. The van der Waals surface area contributed by atoms with E-state index in [1.165, 1.54) is 30.7 Å². The second kappa shape index (κ2) is 6.48. The minimum Gasteiger partial charge on any atom is -0.381 e. The fourth-order valence-electron chi connectivity index (χ4n) is 2.63. The highest BCUT2D eigenvalue weighted by Crippen LogP contribution is 2.23. The summed E-state index contributed by atoms with van der Waals surface area (Å²) < 4.78 is 13.8. The summed E-state index contributed by atoms with van der Waals surface area (Å²) in [5.74, 6) is -0.222. The van der Waals surface area contributed by atoms with Crippen molar-refractivity contribution >= 4 is 27.3 Å². The van der Waals surface area contributed by atoms with Crippen LogP contribution in [-0.4, -0.2) is 13.1 Å². The SMILES string of the molecule is Fc1ccc(CNc2ccc(N3CCCC3)cc2)c(Br)c1. The molecule has 3 rings (SSSR count). The Morgan fingerprint density at radius 3 is 2.43 bits per heavy atom. The topological polar surface area (TPSA) is 15.3 Å². The van der Waals surface area contributed by atoms with Crippen molar-refractivity contribution in [2.75, 3.05) is 23.3 Å². The van der Waals surface area contributed by atoms with Crippen LogP contribution >= 0.6 is 15.9 Å². The van der Waals surface area contributed by atoms with E-state index < -0.39 is 0 Å². The van der Waals surface area contributed by atoms with Gasteiger partial charge in [0.05, 0.1) is 0 Å². The van der Waals surface area contributed by atoms with Crippen molar-refractivity contribution in [1.82, 2.24) is 0 Å². The molecule has 0 saturated carbocycles. The maximum Gasteiger partial charge on any atom is 0.124 e. The molecule has 0 bridgehead atoms. The van der Waals surface area contributed by atoms with Gasteiger partial charge in [-0.15, -0.1) is 0 Å². The van der Waals surface area contributed by atoms with Crippen LogP contribution in [0.4, 0.5) is 15.8 Å². The number of nitrogens with one attached hydrogen (secondary N) is 1. The molecule has 1 heterocycles. The molecule has 1 N–H and O–H groups in total. The molecular formula is C17H18BrFN2. The highest BCUT2D eigenvalue weighted by atomic mass is 79.9. The first-order valence-corrected chi connectivity index (χ1v) is 8.04. The Kier molecular flexibility index (Phi) is 4.44. The van der Waals surface area contributed by atoms with Crippen LogP contribution in [0.1, 0.15) is 18.4 Å². The van der Waals surface area contributed by atoms with Crippen molar-refractivity contribution < 1.29 is 4.39 Å². The first-order chi connectivity index (χ1) is 10.2. The third-order valence-corrected chi connectivity index (χ3v) is 4.57. The summed E-state index contributed by atoms with van der Waals surface area (Å²) in [7, 11) is 0. The summed E-state index contributed by atoms with van der Waals surface area (Å²) in [6.07, 6.45) is 2.58. The van der Waals surface area contributed by atoms with Gasteiger partial charge in [-0.1, -0.05) is 22.0 Å². The van der Waals surface area contributed by atoms with Gasteiger partial charge >= 0.3 is 0 Å². The predicted octanol–water partition coefficient (Wildman–Crippen LogP) is 4.80. The first-order valence-electron chi connectivity index (χ1n) is 7.25. The van der Waals surface area contributed by atoms with E-state index in [1.54, 1.807) is 6.07 Å². The summed E-state index contributed by atoms with van der Waals surface area (Å²) in [6, 6.07) is 13.3. The predicted molar refractivity (Wildman–Crippen MR) is 89.3 cm³/mol. The van der Waals surface area contributed by atoms with Crippen LogP contribution in [0.5, 0.6) is 0 Å². The summed E-state index contributed by atoms with van der Waals surface area (Å²) in [5.41, 5.74) is 3.41. The molecule has 0 spiro atoms. The van der Waals surface area contributed by atoms with Crippen LogP contribution in [0.2, 0.25) is 0 Å². The highest BCUT2D eigenvalue weighted by Gasteiger charge is 2.11. The largest absolute Gasteiger partial charge is 0.381 e. The quantitative estimate of drug-likeness (QED) is 0.853. The van der Waals surface area contributed by atoms with Crippen LogP contribution in [-0.2, 0) is 6.54 Å². The monoisotopic (exact) mass is 348 g/mol. The molecule has 0 radical (unpaired) electrons. The summed E-state index contributed by atoms with van der Waals surface area (Å²) in [4.78, 5) is 2.42. The molecule has 0 atom stereocenters. The smallest absolute Gasteiger partial charge is 0.124 e. The Morgan fingerprint density at radius 1 is 1.05 bits per heavy atom. The Bertz CT molecular complexity index is 607. The van der Waals surface area contributed by atoms with Gasteiger partial charge in [0.1, 0.15) is 5.82 Å². The lowest BCUT2D eigenvalue weighted by atomic mass is 10.2. The highest BCUT2D eigenvalue weighted by molar-refractivity contribution is 9.10. The van der Waals surface area contributed by atoms with Crippen molar-refractivity contribution in [2.24, 2.45) is 0 Å². The lowest BCUT2D eigenvalue weighted by molar-refractivity contribution is 0.626. The molecule has 1 saturated heterocycles. The van der Waals surface area contributed by atoms with Crippen molar-refractivity contribution in [3.8, 4) is 0 Å². The second-order valence-corrected chi connectivity index (χ2v) is 6.18. The average molecular weight is 349 g/mol. The summed E-state index contributed by atoms with van der Waals surface area (Å²) >= 11 is 3.39. The number of anilines is 2. The Labute approximate surface area is 133 Å². The van der Waals surface area contributed by atoms with Crippen molar-refractivity contribution in [1.29, 1.82) is 0 Å². The number of halogens is 2. The van der Waals surface area contributed by atoms with Crippen LogP contribution in [0.3, 0.4) is 0 Å². The zero-order valence-corrected chi connectivity index (χ0v) is 13.4. The molecule has 0 unspecified atom stereocenters. The zero-order chi connectivity index (χ0) is 14.7. The van der Waals surface area contributed by atoms with E-state index in [0.717, 1.165) is 28.8 Å². The third-order valence-electron chi connectivity index (χ3n) is 3.84. The van der Waals surface area contributed by atoms with E-state index in [9.17, 15) is 4.39 Å². The van der Waals surface area contributed by atoms with E-state index in [1.807, 2.05) is 0 Å². The Hall–Kier alpha value is -1.55. The van der Waals surface area contributed by atoms with Crippen LogP contribution in [0.15, 0.2) is 46.9 Å². The van der Waals surface area contributed by atoms with Crippen LogP contribution in [0.25, 0.3) is 0 Å². The zero-order valence-electron chi connectivity index (χ0n) is 11.8. The van der Waals surface area contributed by atoms with Gasteiger partial charge in [-0.25, -0.2) is 4.39 Å². The number of hydrogen-bond acceptors (Lipinski definition) is 2. The average Bonchev–Trinajstić information content (AvgIpc) is 3.01. The van der Waals surface area contributed by atoms with Gasteiger partial charge < -0.3 is 10.2 Å². The van der Waals surface area contributed by atoms with Gasteiger partial charge in [0.2, 0.25) is 0 Å². The molecule has 4 heteroatoms. The Balaban J connectivity index is 1.62. The normalized spacial score (nSPS) is 14.5. The van der Waals surface area contributed by atoms with E-state index >= 15 is 0 Å². The standard InChI is InChI=1S/C17H18BrFN2/c18-17-11-14(19)4-3-13(17)12-20-15-5-7-16(8-6-15)21-9-1-2-10-21/h3-8,11,20H,1-2,9-10,12H2. The number of hydrogen-bond donors (Lipinski definition) is 1. The molecule has 2 aromatic rings. The molecule has 110 valence electrons. The van der Waals surface area contributed by atoms with Gasteiger partial charge in [-0.2, -0.15) is 0 Å². The molecule has 1 aliphatic heterocycles. The molecule has 1 fully saturated rings. The minimum atomic E-state index is -0.222. The van der Waals surface area contributed by atoms with Crippen molar-refractivity contribution in [2.45, 2.75) is 19.4 Å². The van der Waals surface area contributed by atoms with E-state index in [2.05, 4.69) is 50.4 Å². The van der Waals surface area contributed by atoms with Crippen molar-refractivity contribution in [3.63, 3.8) is 0 Å². The fourth-order valence-corrected chi connectivity index (χ4v) is 3.12. The molecular weight excluding hydrogens is 331 g/mol. The molecule has 2 aromatic carbocycles. The molecule has 0 aromatic heterocycles. The van der Waals surface area contributed by atoms with Gasteiger partial charge in [-0.05, 0) is 54.8 Å².